The minimum absolute atomic E-state index is 0.415. The minimum atomic E-state index is 0.415. The van der Waals surface area contributed by atoms with Gasteiger partial charge in [0.15, 0.2) is 5.82 Å². The van der Waals surface area contributed by atoms with Gasteiger partial charge in [-0.3, -0.25) is 0 Å². The van der Waals surface area contributed by atoms with Gasteiger partial charge in [-0.05, 0) is 18.6 Å². The van der Waals surface area contributed by atoms with Crippen LogP contribution in [0.2, 0.25) is 0 Å². The van der Waals surface area contributed by atoms with Crippen molar-refractivity contribution < 1.29 is 0 Å². The van der Waals surface area contributed by atoms with Gasteiger partial charge < -0.3 is 5.43 Å². The quantitative estimate of drug-likeness (QED) is 0.450. The second-order valence-electron chi connectivity index (χ2n) is 2.16. The van der Waals surface area contributed by atoms with E-state index in [1.54, 1.807) is 12.3 Å². The van der Waals surface area contributed by atoms with Crippen LogP contribution in [0.4, 0.5) is 5.82 Å². The van der Waals surface area contributed by atoms with E-state index in [9.17, 15) is 0 Å². The largest absolute Gasteiger partial charge is 0.307 e. The summed E-state index contributed by atoms with van der Waals surface area (Å²) in [6, 6.07) is 3.71. The highest BCUT2D eigenvalue weighted by molar-refractivity contribution is 5.51. The molecule has 0 aliphatic carbocycles. The molecule has 0 aliphatic rings. The van der Waals surface area contributed by atoms with Crippen molar-refractivity contribution in [2.45, 2.75) is 6.92 Å². The van der Waals surface area contributed by atoms with Crippen LogP contribution in [0.15, 0.2) is 12.3 Å². The highest BCUT2D eigenvalue weighted by Gasteiger charge is 1.99. The van der Waals surface area contributed by atoms with Gasteiger partial charge in [0.2, 0.25) is 0 Å². The van der Waals surface area contributed by atoms with Crippen LogP contribution in [0.25, 0.3) is 0 Å². The fraction of sp³-hybridized carbons (Fsp3) is 0.143. The lowest BCUT2D eigenvalue weighted by Gasteiger charge is -2.00. The van der Waals surface area contributed by atoms with E-state index in [0.717, 1.165) is 5.56 Å². The third kappa shape index (κ3) is 1.45. The highest BCUT2D eigenvalue weighted by atomic mass is 15.2. The predicted octanol–water partition coefficient (Wildman–Crippen LogP) is 0.547. The lowest BCUT2D eigenvalue weighted by atomic mass is 10.2. The lowest BCUT2D eigenvalue weighted by molar-refractivity contribution is 1.19. The van der Waals surface area contributed by atoms with Crippen LogP contribution in [-0.2, 0) is 0 Å². The zero-order chi connectivity index (χ0) is 8.27. The van der Waals surface area contributed by atoms with Gasteiger partial charge in [-0.25, -0.2) is 10.8 Å². The van der Waals surface area contributed by atoms with E-state index in [0.29, 0.717) is 11.4 Å². The number of hydrogen-bond acceptors (Lipinski definition) is 4. The Labute approximate surface area is 64.6 Å². The first-order valence-electron chi connectivity index (χ1n) is 3.11. The smallest absolute Gasteiger partial charge is 0.157 e. The summed E-state index contributed by atoms with van der Waals surface area (Å²) >= 11 is 0. The number of aromatic nitrogens is 1. The van der Waals surface area contributed by atoms with E-state index < -0.39 is 0 Å². The number of nitriles is 1. The molecule has 0 unspecified atom stereocenters. The van der Waals surface area contributed by atoms with Crippen molar-refractivity contribution in [3.05, 3.63) is 23.4 Å². The third-order valence-corrected chi connectivity index (χ3v) is 1.28. The Balaban J connectivity index is 3.19. The normalized spacial score (nSPS) is 8.82. The van der Waals surface area contributed by atoms with Gasteiger partial charge in [0.05, 0.1) is 5.56 Å². The molecule has 1 heterocycles. The SMILES string of the molecule is Cc1cnc(NN)c(C#N)c1. The van der Waals surface area contributed by atoms with Crippen LogP contribution in [0.5, 0.6) is 0 Å². The molecular weight excluding hydrogens is 140 g/mol. The second-order valence-corrected chi connectivity index (χ2v) is 2.16. The van der Waals surface area contributed by atoms with Crippen molar-refractivity contribution in [1.29, 1.82) is 5.26 Å². The number of anilines is 1. The molecule has 0 aliphatic heterocycles. The van der Waals surface area contributed by atoms with E-state index in [1.807, 2.05) is 13.0 Å². The Morgan fingerprint density at radius 1 is 1.73 bits per heavy atom. The van der Waals surface area contributed by atoms with E-state index in [2.05, 4.69) is 10.4 Å². The van der Waals surface area contributed by atoms with Crippen LogP contribution in [0, 0.1) is 18.3 Å². The van der Waals surface area contributed by atoms with Gasteiger partial charge in [0.1, 0.15) is 6.07 Å². The molecule has 0 spiro atoms. The summed E-state index contributed by atoms with van der Waals surface area (Å²) < 4.78 is 0. The molecule has 4 nitrogen and oxygen atoms in total. The molecule has 3 N–H and O–H groups in total. The molecule has 1 rings (SSSR count). The molecule has 11 heavy (non-hydrogen) atoms. The molecular formula is C7H8N4. The summed E-state index contributed by atoms with van der Waals surface area (Å²) in [7, 11) is 0. The molecule has 0 bridgehead atoms. The monoisotopic (exact) mass is 148 g/mol. The molecule has 0 aromatic carbocycles. The van der Waals surface area contributed by atoms with Crippen molar-refractivity contribution >= 4 is 5.82 Å². The average Bonchev–Trinajstić information content (AvgIpc) is 2.04. The van der Waals surface area contributed by atoms with Crippen molar-refractivity contribution in [1.82, 2.24) is 4.98 Å². The minimum Gasteiger partial charge on any atom is -0.307 e. The Kier molecular flexibility index (Phi) is 2.04. The molecule has 0 amide bonds. The van der Waals surface area contributed by atoms with E-state index >= 15 is 0 Å². The number of rotatable bonds is 1. The number of nitrogens with two attached hydrogens (primary N) is 1. The summed E-state index contributed by atoms with van der Waals surface area (Å²) in [5, 5.41) is 8.59. The molecule has 56 valence electrons. The Morgan fingerprint density at radius 2 is 2.45 bits per heavy atom. The van der Waals surface area contributed by atoms with Gasteiger partial charge >= 0.3 is 0 Å². The summed E-state index contributed by atoms with van der Waals surface area (Å²) in [4.78, 5) is 3.91. The number of aryl methyl sites for hydroxylation is 1. The van der Waals surface area contributed by atoms with Crippen LogP contribution in [0.3, 0.4) is 0 Å². The summed E-state index contributed by atoms with van der Waals surface area (Å²) in [5.41, 5.74) is 3.75. The van der Waals surface area contributed by atoms with Gasteiger partial charge in [0, 0.05) is 6.20 Å². The number of pyridine rings is 1. The van der Waals surface area contributed by atoms with Crippen LogP contribution >= 0.6 is 0 Å². The molecule has 1 aromatic heterocycles. The fourth-order valence-electron chi connectivity index (χ4n) is 0.769. The Bertz CT molecular complexity index is 300. The van der Waals surface area contributed by atoms with Crippen LogP contribution in [0.1, 0.15) is 11.1 Å². The maximum atomic E-state index is 8.59. The van der Waals surface area contributed by atoms with E-state index in [-0.39, 0.29) is 0 Å². The zero-order valence-electron chi connectivity index (χ0n) is 6.13. The summed E-state index contributed by atoms with van der Waals surface area (Å²) in [6.45, 7) is 1.87. The summed E-state index contributed by atoms with van der Waals surface area (Å²) in [5.74, 6) is 5.53. The van der Waals surface area contributed by atoms with Crippen molar-refractivity contribution in [3.63, 3.8) is 0 Å². The maximum absolute atomic E-state index is 8.59. The standard InChI is InChI=1S/C7H8N4/c1-5-2-6(3-8)7(11-9)10-4-5/h2,4H,9H2,1H3,(H,10,11). The maximum Gasteiger partial charge on any atom is 0.157 e. The van der Waals surface area contributed by atoms with E-state index in [4.69, 9.17) is 11.1 Å². The number of nitrogens with zero attached hydrogens (tertiary/aromatic N) is 2. The van der Waals surface area contributed by atoms with Crippen molar-refractivity contribution in [2.75, 3.05) is 5.43 Å². The van der Waals surface area contributed by atoms with Crippen molar-refractivity contribution in [2.24, 2.45) is 5.84 Å². The molecule has 0 saturated carbocycles. The first kappa shape index (κ1) is 7.51. The molecule has 0 saturated heterocycles. The van der Waals surface area contributed by atoms with E-state index in [1.165, 1.54) is 0 Å². The lowest BCUT2D eigenvalue weighted by Crippen LogP contribution is -2.10. The van der Waals surface area contributed by atoms with Gasteiger partial charge in [-0.2, -0.15) is 5.26 Å². The average molecular weight is 148 g/mol. The highest BCUT2D eigenvalue weighted by Crippen LogP contribution is 2.10. The zero-order valence-corrected chi connectivity index (χ0v) is 6.13. The van der Waals surface area contributed by atoms with Gasteiger partial charge in [-0.15, -0.1) is 0 Å². The third-order valence-electron chi connectivity index (χ3n) is 1.28. The number of nitrogens with one attached hydrogen (secondary N) is 1. The molecule has 0 atom stereocenters. The van der Waals surface area contributed by atoms with Gasteiger partial charge in [0.25, 0.3) is 0 Å². The first-order chi connectivity index (χ1) is 5.27. The Morgan fingerprint density at radius 3 is 3.00 bits per heavy atom. The molecule has 1 aromatic rings. The number of hydrazine groups is 1. The molecule has 0 radical (unpaired) electrons. The first-order valence-corrected chi connectivity index (χ1v) is 3.11. The number of nitrogen functional groups attached to an aromatic ring is 1. The molecule has 4 heteroatoms. The summed E-state index contributed by atoms with van der Waals surface area (Å²) in [6.07, 6.45) is 1.65. The van der Waals surface area contributed by atoms with Crippen LogP contribution in [-0.4, -0.2) is 4.98 Å². The van der Waals surface area contributed by atoms with Crippen molar-refractivity contribution in [3.8, 4) is 6.07 Å². The topological polar surface area (TPSA) is 74.7 Å². The number of hydrogen-bond donors (Lipinski definition) is 2. The van der Waals surface area contributed by atoms with Gasteiger partial charge in [-0.1, -0.05) is 0 Å². The molecule has 0 fully saturated rings. The second kappa shape index (κ2) is 2.99. The predicted molar refractivity (Wildman–Crippen MR) is 41.5 cm³/mol. The Hall–Kier alpha value is -1.60. The van der Waals surface area contributed by atoms with Crippen LogP contribution < -0.4 is 11.3 Å². The fourth-order valence-corrected chi connectivity index (χ4v) is 0.769.